The van der Waals surface area contributed by atoms with Crippen molar-refractivity contribution in [1.29, 1.82) is 0 Å². The summed E-state index contributed by atoms with van der Waals surface area (Å²) in [7, 11) is -3.53. The first kappa shape index (κ1) is 15.3. The van der Waals surface area contributed by atoms with E-state index in [0.717, 1.165) is 6.26 Å². The van der Waals surface area contributed by atoms with E-state index in [4.69, 9.17) is 28.0 Å². The predicted octanol–water partition coefficient (Wildman–Crippen LogP) is 2.64. The SMILES string of the molecule is CC1CC(c2c(S(C)(=O)=O)ccc(C(=O)Cl)c2Cl)=NO1. The highest BCUT2D eigenvalue weighted by Gasteiger charge is 2.28. The lowest BCUT2D eigenvalue weighted by Gasteiger charge is -2.11. The number of hydrogen-bond donors (Lipinski definition) is 0. The fourth-order valence-electron chi connectivity index (χ4n) is 1.94. The van der Waals surface area contributed by atoms with Crippen LogP contribution in [0.5, 0.6) is 0 Å². The summed E-state index contributed by atoms with van der Waals surface area (Å²) in [6.45, 7) is 1.79. The average Bonchev–Trinajstić information content (AvgIpc) is 2.73. The first-order chi connectivity index (χ1) is 9.21. The number of sulfone groups is 1. The van der Waals surface area contributed by atoms with Crippen LogP contribution in [0, 0.1) is 0 Å². The van der Waals surface area contributed by atoms with Crippen LogP contribution in [-0.4, -0.2) is 31.7 Å². The molecule has 0 amide bonds. The second kappa shape index (κ2) is 5.35. The molecule has 1 aromatic rings. The third-order valence-electron chi connectivity index (χ3n) is 2.83. The van der Waals surface area contributed by atoms with Crippen molar-refractivity contribution in [3.05, 3.63) is 28.3 Å². The fraction of sp³-hybridized carbons (Fsp3) is 0.333. The molecule has 1 atom stereocenters. The molecule has 0 aliphatic carbocycles. The topological polar surface area (TPSA) is 72.8 Å². The Morgan fingerprint density at radius 1 is 1.45 bits per heavy atom. The lowest BCUT2D eigenvalue weighted by atomic mass is 10.0. The third-order valence-corrected chi connectivity index (χ3v) is 4.56. The van der Waals surface area contributed by atoms with Gasteiger partial charge in [-0.25, -0.2) is 8.42 Å². The zero-order valence-electron chi connectivity index (χ0n) is 10.7. The molecule has 0 N–H and O–H groups in total. The molecule has 0 bridgehead atoms. The van der Waals surface area contributed by atoms with Gasteiger partial charge in [-0.15, -0.1) is 0 Å². The molecule has 1 unspecified atom stereocenters. The van der Waals surface area contributed by atoms with Gasteiger partial charge in [-0.2, -0.15) is 0 Å². The maximum Gasteiger partial charge on any atom is 0.253 e. The van der Waals surface area contributed by atoms with Crippen LogP contribution in [0.15, 0.2) is 22.2 Å². The van der Waals surface area contributed by atoms with E-state index >= 15 is 0 Å². The van der Waals surface area contributed by atoms with Crippen LogP contribution in [0.3, 0.4) is 0 Å². The number of carbonyl (C=O) groups is 1. The molecule has 0 fully saturated rings. The molecule has 0 radical (unpaired) electrons. The van der Waals surface area contributed by atoms with Crippen LogP contribution in [0.1, 0.15) is 29.3 Å². The highest BCUT2D eigenvalue weighted by Crippen LogP contribution is 2.32. The van der Waals surface area contributed by atoms with Crippen molar-refractivity contribution in [2.45, 2.75) is 24.3 Å². The smallest absolute Gasteiger partial charge is 0.253 e. The minimum Gasteiger partial charge on any atom is -0.392 e. The van der Waals surface area contributed by atoms with E-state index in [-0.39, 0.29) is 27.1 Å². The quantitative estimate of drug-likeness (QED) is 0.796. The summed E-state index contributed by atoms with van der Waals surface area (Å²) in [6, 6.07) is 2.59. The van der Waals surface area contributed by atoms with Crippen LogP contribution in [0.4, 0.5) is 0 Å². The predicted molar refractivity (Wildman–Crippen MR) is 76.4 cm³/mol. The first-order valence-electron chi connectivity index (χ1n) is 5.67. The summed E-state index contributed by atoms with van der Waals surface area (Å²) < 4.78 is 23.7. The standard InChI is InChI=1S/C12H11Cl2NO4S/c1-6-5-8(15-19-6)10-9(20(2,17)18)4-3-7(11(10)13)12(14)16/h3-4,6H,5H2,1-2H3. The van der Waals surface area contributed by atoms with Crippen molar-refractivity contribution in [3.63, 3.8) is 0 Å². The van der Waals surface area contributed by atoms with Crippen molar-refractivity contribution in [2.75, 3.05) is 6.26 Å². The maximum atomic E-state index is 11.9. The second-order valence-electron chi connectivity index (χ2n) is 4.50. The molecular weight excluding hydrogens is 325 g/mol. The molecule has 0 aromatic heterocycles. The Hall–Kier alpha value is -1.11. The van der Waals surface area contributed by atoms with E-state index in [0.29, 0.717) is 12.1 Å². The monoisotopic (exact) mass is 335 g/mol. The van der Waals surface area contributed by atoms with Gasteiger partial charge in [0.05, 0.1) is 21.2 Å². The minimum absolute atomic E-state index is 0.000571. The number of halogens is 2. The van der Waals surface area contributed by atoms with Crippen LogP contribution >= 0.6 is 23.2 Å². The molecule has 0 saturated carbocycles. The Bertz CT molecular complexity index is 712. The molecule has 1 heterocycles. The van der Waals surface area contributed by atoms with Gasteiger partial charge >= 0.3 is 0 Å². The Balaban J connectivity index is 2.73. The number of hydrogen-bond acceptors (Lipinski definition) is 5. The minimum atomic E-state index is -3.53. The van der Waals surface area contributed by atoms with Crippen molar-refractivity contribution in [1.82, 2.24) is 0 Å². The zero-order valence-corrected chi connectivity index (χ0v) is 13.0. The normalized spacial score (nSPS) is 18.6. The van der Waals surface area contributed by atoms with E-state index < -0.39 is 15.1 Å². The van der Waals surface area contributed by atoms with Crippen LogP contribution in [0.25, 0.3) is 0 Å². The van der Waals surface area contributed by atoms with Gasteiger partial charge in [0, 0.05) is 18.2 Å². The van der Waals surface area contributed by atoms with E-state index in [2.05, 4.69) is 5.16 Å². The molecular formula is C12H11Cl2NO4S. The molecule has 108 valence electrons. The van der Waals surface area contributed by atoms with Crippen LogP contribution < -0.4 is 0 Å². The summed E-state index contributed by atoms with van der Waals surface area (Å²) in [5.74, 6) is 0. The van der Waals surface area contributed by atoms with Crippen LogP contribution in [0.2, 0.25) is 5.02 Å². The van der Waals surface area contributed by atoms with Crippen molar-refractivity contribution in [3.8, 4) is 0 Å². The first-order valence-corrected chi connectivity index (χ1v) is 8.32. The summed E-state index contributed by atoms with van der Waals surface area (Å²) in [6.07, 6.45) is 1.29. The number of benzene rings is 1. The molecule has 20 heavy (non-hydrogen) atoms. The summed E-state index contributed by atoms with van der Waals surface area (Å²) >= 11 is 11.6. The molecule has 1 aromatic carbocycles. The molecule has 0 saturated heterocycles. The zero-order chi connectivity index (χ0) is 15.1. The van der Waals surface area contributed by atoms with Gasteiger partial charge < -0.3 is 4.84 Å². The molecule has 5 nitrogen and oxygen atoms in total. The van der Waals surface area contributed by atoms with Gasteiger partial charge in [0.2, 0.25) is 0 Å². The van der Waals surface area contributed by atoms with Gasteiger partial charge in [-0.05, 0) is 30.7 Å². The van der Waals surface area contributed by atoms with Crippen LogP contribution in [-0.2, 0) is 14.7 Å². The summed E-state index contributed by atoms with van der Waals surface area (Å²) in [5.41, 5.74) is 0.616. The van der Waals surface area contributed by atoms with Gasteiger partial charge in [0.1, 0.15) is 6.10 Å². The van der Waals surface area contributed by atoms with Gasteiger partial charge in [0.15, 0.2) is 9.84 Å². The fourth-order valence-corrected chi connectivity index (χ4v) is 3.46. The third kappa shape index (κ3) is 2.82. The molecule has 8 heteroatoms. The van der Waals surface area contributed by atoms with E-state index in [9.17, 15) is 13.2 Å². The average molecular weight is 336 g/mol. The summed E-state index contributed by atoms with van der Waals surface area (Å²) in [4.78, 5) is 16.4. The number of oxime groups is 1. The lowest BCUT2D eigenvalue weighted by Crippen LogP contribution is -2.12. The number of nitrogens with zero attached hydrogens (tertiary/aromatic N) is 1. The van der Waals surface area contributed by atoms with Crippen molar-refractivity contribution in [2.24, 2.45) is 5.16 Å². The molecule has 2 rings (SSSR count). The van der Waals surface area contributed by atoms with E-state index in [1.165, 1.54) is 12.1 Å². The summed E-state index contributed by atoms with van der Waals surface area (Å²) in [5, 5.41) is 3.05. The number of carbonyl (C=O) groups excluding carboxylic acids is 1. The lowest BCUT2D eigenvalue weighted by molar-refractivity contribution is 0.0995. The van der Waals surface area contributed by atoms with Gasteiger partial charge in [-0.3, -0.25) is 4.79 Å². The molecule has 0 spiro atoms. The Labute approximate surface area is 126 Å². The van der Waals surface area contributed by atoms with Crippen molar-refractivity contribution < 1.29 is 18.0 Å². The Morgan fingerprint density at radius 2 is 2.10 bits per heavy atom. The van der Waals surface area contributed by atoms with Gasteiger partial charge in [-0.1, -0.05) is 16.8 Å². The Morgan fingerprint density at radius 3 is 2.55 bits per heavy atom. The van der Waals surface area contributed by atoms with Gasteiger partial charge in [0.25, 0.3) is 5.24 Å². The largest absolute Gasteiger partial charge is 0.392 e. The second-order valence-corrected chi connectivity index (χ2v) is 7.21. The van der Waals surface area contributed by atoms with Crippen molar-refractivity contribution >= 4 is 44.0 Å². The van der Waals surface area contributed by atoms with E-state index in [1.807, 2.05) is 0 Å². The maximum absolute atomic E-state index is 11.9. The Kier molecular flexibility index (Phi) is 4.09. The highest BCUT2D eigenvalue weighted by molar-refractivity contribution is 7.90. The molecule has 1 aliphatic heterocycles. The highest BCUT2D eigenvalue weighted by atomic mass is 35.5. The number of rotatable bonds is 3. The van der Waals surface area contributed by atoms with E-state index in [1.54, 1.807) is 6.92 Å². The molecule has 1 aliphatic rings.